The van der Waals surface area contributed by atoms with Gasteiger partial charge in [-0.3, -0.25) is 9.69 Å². The molecule has 0 saturated carbocycles. The summed E-state index contributed by atoms with van der Waals surface area (Å²) in [7, 11) is 0. The van der Waals surface area contributed by atoms with E-state index in [9.17, 15) is 4.79 Å². The van der Waals surface area contributed by atoms with E-state index in [1.165, 1.54) is 10.3 Å². The van der Waals surface area contributed by atoms with Gasteiger partial charge in [0.1, 0.15) is 0 Å². The minimum atomic E-state index is 0.000224. The summed E-state index contributed by atoms with van der Waals surface area (Å²) < 4.78 is 1.18. The number of carbonyl (C=O) groups is 1. The number of nitrogens with one attached hydrogen (secondary N) is 1. The second-order valence-electron chi connectivity index (χ2n) is 7.90. The van der Waals surface area contributed by atoms with Crippen molar-refractivity contribution in [3.63, 3.8) is 0 Å². The van der Waals surface area contributed by atoms with Gasteiger partial charge in [0.05, 0.1) is 10.2 Å². The lowest BCUT2D eigenvalue weighted by Crippen LogP contribution is -2.48. The number of thiazole rings is 1. The Hall–Kier alpha value is -2.15. The molecule has 0 radical (unpaired) electrons. The fraction of sp³-hybridized carbons (Fsp3) is 0.391. The standard InChI is InChI=1S/C23H27ClN4OS/c1-15-4-5-18(14-16(15)2)22(29)25-8-9-27-10-12-28(13-11-27)23-26-21-17(3)19(24)6-7-20(21)30-23/h4-7,14H,8-13H2,1-3H3,(H,25,29). The molecule has 3 aromatic rings. The van der Waals surface area contributed by atoms with Gasteiger partial charge < -0.3 is 10.2 Å². The monoisotopic (exact) mass is 442 g/mol. The first kappa shape index (κ1) is 21.1. The number of fused-ring (bicyclic) bond motifs is 1. The van der Waals surface area contributed by atoms with Gasteiger partial charge in [0.25, 0.3) is 5.91 Å². The number of hydrogen-bond donors (Lipinski definition) is 1. The molecule has 158 valence electrons. The van der Waals surface area contributed by atoms with Crippen molar-refractivity contribution in [2.75, 3.05) is 44.2 Å². The predicted octanol–water partition coefficient (Wildman–Crippen LogP) is 4.43. The molecule has 1 saturated heterocycles. The summed E-state index contributed by atoms with van der Waals surface area (Å²) in [6.07, 6.45) is 0. The van der Waals surface area contributed by atoms with Gasteiger partial charge in [-0.05, 0) is 61.7 Å². The highest BCUT2D eigenvalue weighted by molar-refractivity contribution is 7.22. The van der Waals surface area contributed by atoms with Crippen LogP contribution in [-0.4, -0.2) is 55.1 Å². The average Bonchev–Trinajstić information content (AvgIpc) is 3.18. The first-order chi connectivity index (χ1) is 14.4. The van der Waals surface area contributed by atoms with Crippen molar-refractivity contribution >= 4 is 44.2 Å². The smallest absolute Gasteiger partial charge is 0.251 e. The second kappa shape index (κ2) is 8.92. The van der Waals surface area contributed by atoms with Gasteiger partial charge in [0, 0.05) is 49.9 Å². The van der Waals surface area contributed by atoms with Crippen molar-refractivity contribution < 1.29 is 4.79 Å². The first-order valence-corrected chi connectivity index (χ1v) is 11.5. The third-order valence-corrected chi connectivity index (χ3v) is 7.35. The van der Waals surface area contributed by atoms with Gasteiger partial charge in [0.2, 0.25) is 0 Å². The third-order valence-electron chi connectivity index (χ3n) is 5.86. The highest BCUT2D eigenvalue weighted by Gasteiger charge is 2.20. The Morgan fingerprint density at radius 3 is 2.60 bits per heavy atom. The van der Waals surface area contributed by atoms with Crippen molar-refractivity contribution in [1.29, 1.82) is 0 Å². The van der Waals surface area contributed by atoms with Crippen LogP contribution < -0.4 is 10.2 Å². The van der Waals surface area contributed by atoms with Crippen molar-refractivity contribution in [3.8, 4) is 0 Å². The maximum absolute atomic E-state index is 12.4. The largest absolute Gasteiger partial charge is 0.351 e. The second-order valence-corrected chi connectivity index (χ2v) is 9.32. The van der Waals surface area contributed by atoms with Crippen LogP contribution in [0.15, 0.2) is 30.3 Å². The minimum Gasteiger partial charge on any atom is -0.351 e. The van der Waals surface area contributed by atoms with Crippen molar-refractivity contribution in [2.45, 2.75) is 20.8 Å². The van der Waals surface area contributed by atoms with Gasteiger partial charge in [0.15, 0.2) is 5.13 Å². The summed E-state index contributed by atoms with van der Waals surface area (Å²) in [6, 6.07) is 9.85. The zero-order valence-corrected chi connectivity index (χ0v) is 19.2. The van der Waals surface area contributed by atoms with Crippen LogP contribution in [0.25, 0.3) is 10.2 Å². The molecule has 0 aliphatic carbocycles. The number of nitrogens with zero attached hydrogens (tertiary/aromatic N) is 3. The molecule has 1 aliphatic heterocycles. The zero-order chi connectivity index (χ0) is 21.3. The maximum atomic E-state index is 12.4. The molecule has 0 bridgehead atoms. The fourth-order valence-electron chi connectivity index (χ4n) is 3.70. The van der Waals surface area contributed by atoms with Gasteiger partial charge in [-0.1, -0.05) is 29.0 Å². The van der Waals surface area contributed by atoms with E-state index in [1.54, 1.807) is 11.3 Å². The van der Waals surface area contributed by atoms with Crippen LogP contribution in [0.3, 0.4) is 0 Å². The minimum absolute atomic E-state index is 0.000224. The Bertz CT molecular complexity index is 1070. The fourth-order valence-corrected chi connectivity index (χ4v) is 4.93. The highest BCUT2D eigenvalue weighted by atomic mass is 35.5. The molecule has 2 aromatic carbocycles. The molecule has 30 heavy (non-hydrogen) atoms. The van der Waals surface area contributed by atoms with Gasteiger partial charge in [-0.2, -0.15) is 0 Å². The Kier molecular flexibility index (Phi) is 6.27. The summed E-state index contributed by atoms with van der Waals surface area (Å²) in [5.74, 6) is 0.000224. The molecule has 0 atom stereocenters. The number of piperazine rings is 1. The topological polar surface area (TPSA) is 48.5 Å². The van der Waals surface area contributed by atoms with E-state index in [4.69, 9.17) is 16.6 Å². The Morgan fingerprint density at radius 2 is 1.87 bits per heavy atom. The molecule has 5 nitrogen and oxygen atoms in total. The summed E-state index contributed by atoms with van der Waals surface area (Å²) in [6.45, 7) is 11.5. The van der Waals surface area contributed by atoms with E-state index in [2.05, 4.69) is 28.1 Å². The van der Waals surface area contributed by atoms with Crippen LogP contribution in [0.4, 0.5) is 5.13 Å². The van der Waals surface area contributed by atoms with Crippen LogP contribution in [-0.2, 0) is 0 Å². The van der Waals surface area contributed by atoms with Crippen LogP contribution in [0, 0.1) is 20.8 Å². The summed E-state index contributed by atoms with van der Waals surface area (Å²) in [4.78, 5) is 22.0. The lowest BCUT2D eigenvalue weighted by atomic mass is 10.1. The van der Waals surface area contributed by atoms with E-state index in [0.717, 1.165) is 65.1 Å². The van der Waals surface area contributed by atoms with Crippen LogP contribution in [0.2, 0.25) is 5.02 Å². The lowest BCUT2D eigenvalue weighted by molar-refractivity contribution is 0.0947. The van der Waals surface area contributed by atoms with E-state index in [-0.39, 0.29) is 5.91 Å². The molecule has 1 amide bonds. The SMILES string of the molecule is Cc1ccc(C(=O)NCCN2CCN(c3nc4c(C)c(Cl)ccc4s3)CC2)cc1C. The number of aryl methyl sites for hydroxylation is 3. The van der Waals surface area contributed by atoms with Gasteiger partial charge >= 0.3 is 0 Å². The first-order valence-electron chi connectivity index (χ1n) is 10.3. The number of amides is 1. The van der Waals surface area contributed by atoms with Crippen LogP contribution >= 0.6 is 22.9 Å². The lowest BCUT2D eigenvalue weighted by Gasteiger charge is -2.34. The molecular formula is C23H27ClN4OS. The molecule has 0 spiro atoms. The summed E-state index contributed by atoms with van der Waals surface area (Å²) in [5, 5.41) is 4.89. The molecule has 2 heterocycles. The zero-order valence-electron chi connectivity index (χ0n) is 17.7. The van der Waals surface area contributed by atoms with Crippen molar-refractivity contribution in [1.82, 2.24) is 15.2 Å². The number of carbonyl (C=O) groups excluding carboxylic acids is 1. The Morgan fingerprint density at radius 1 is 1.10 bits per heavy atom. The summed E-state index contributed by atoms with van der Waals surface area (Å²) >= 11 is 7.97. The quantitative estimate of drug-likeness (QED) is 0.635. The molecule has 1 fully saturated rings. The molecule has 4 rings (SSSR count). The number of anilines is 1. The van der Waals surface area contributed by atoms with Gasteiger partial charge in [-0.15, -0.1) is 0 Å². The van der Waals surface area contributed by atoms with Crippen LogP contribution in [0.5, 0.6) is 0 Å². The molecule has 0 unspecified atom stereocenters. The maximum Gasteiger partial charge on any atom is 0.251 e. The van der Waals surface area contributed by atoms with Crippen molar-refractivity contribution in [3.05, 3.63) is 57.6 Å². The number of benzene rings is 2. The molecule has 7 heteroatoms. The van der Waals surface area contributed by atoms with E-state index < -0.39 is 0 Å². The van der Waals surface area contributed by atoms with Crippen LogP contribution in [0.1, 0.15) is 27.0 Å². The summed E-state index contributed by atoms with van der Waals surface area (Å²) in [5.41, 5.74) is 5.14. The Labute approximate surface area is 186 Å². The third kappa shape index (κ3) is 4.46. The van der Waals surface area contributed by atoms with E-state index in [1.807, 2.05) is 38.1 Å². The van der Waals surface area contributed by atoms with Gasteiger partial charge in [-0.25, -0.2) is 4.98 Å². The molecule has 1 aliphatic rings. The predicted molar refractivity (Wildman–Crippen MR) is 126 cm³/mol. The molecular weight excluding hydrogens is 416 g/mol. The molecule has 1 aromatic heterocycles. The van der Waals surface area contributed by atoms with E-state index in [0.29, 0.717) is 6.54 Å². The normalized spacial score (nSPS) is 15.0. The number of halogens is 1. The average molecular weight is 443 g/mol. The number of hydrogen-bond acceptors (Lipinski definition) is 5. The van der Waals surface area contributed by atoms with E-state index >= 15 is 0 Å². The Balaban J connectivity index is 1.27. The highest BCUT2D eigenvalue weighted by Crippen LogP contribution is 2.33. The van der Waals surface area contributed by atoms with Crippen molar-refractivity contribution in [2.24, 2.45) is 0 Å². The number of aromatic nitrogens is 1. The molecule has 1 N–H and O–H groups in total. The number of rotatable bonds is 5.